The van der Waals surface area contributed by atoms with Crippen LogP contribution in [0.4, 0.5) is 0 Å². The van der Waals surface area contributed by atoms with Gasteiger partial charge in [-0.25, -0.2) is 0 Å². The Kier molecular flexibility index (Phi) is 4.18. The first kappa shape index (κ1) is 12.6. The van der Waals surface area contributed by atoms with E-state index in [2.05, 4.69) is 12.0 Å². The Morgan fingerprint density at radius 1 is 1.53 bits per heavy atom. The maximum atomic E-state index is 10.3. The van der Waals surface area contributed by atoms with Crippen molar-refractivity contribution in [3.05, 3.63) is 17.5 Å². The van der Waals surface area contributed by atoms with Crippen LogP contribution in [0.5, 0.6) is 0 Å². The first-order valence-electron chi connectivity index (χ1n) is 6.49. The molecule has 0 aromatic carbocycles. The molecule has 0 saturated carbocycles. The van der Waals surface area contributed by atoms with Crippen LogP contribution in [0, 0.1) is 5.92 Å². The van der Waals surface area contributed by atoms with Gasteiger partial charge in [0, 0.05) is 32.0 Å². The standard InChI is InChI=1S/C13H22N2O2/c1-3-12-11(9-15(2)14-12)13(16)8-10-4-6-17-7-5-10/h9-10,13,16H,3-8H2,1-2H3. The molecule has 1 aromatic rings. The largest absolute Gasteiger partial charge is 0.388 e. The van der Waals surface area contributed by atoms with Gasteiger partial charge in [-0.3, -0.25) is 4.68 Å². The molecule has 0 aliphatic carbocycles. The molecular weight excluding hydrogens is 216 g/mol. The number of nitrogens with zero attached hydrogens (tertiary/aromatic N) is 2. The fraction of sp³-hybridized carbons (Fsp3) is 0.769. The molecule has 2 rings (SSSR count). The molecule has 1 atom stereocenters. The van der Waals surface area contributed by atoms with Crippen molar-refractivity contribution in [1.29, 1.82) is 0 Å². The average molecular weight is 238 g/mol. The van der Waals surface area contributed by atoms with E-state index < -0.39 is 0 Å². The Balaban J connectivity index is 2.00. The predicted octanol–water partition coefficient (Wildman–Crippen LogP) is 1.83. The highest BCUT2D eigenvalue weighted by Gasteiger charge is 2.21. The van der Waals surface area contributed by atoms with Crippen LogP contribution in [0.1, 0.15) is 43.5 Å². The van der Waals surface area contributed by atoms with Gasteiger partial charge < -0.3 is 9.84 Å². The Morgan fingerprint density at radius 3 is 2.88 bits per heavy atom. The van der Waals surface area contributed by atoms with E-state index in [1.165, 1.54) is 0 Å². The van der Waals surface area contributed by atoms with Crippen LogP contribution in [-0.4, -0.2) is 28.1 Å². The number of hydrogen-bond donors (Lipinski definition) is 1. The summed E-state index contributed by atoms with van der Waals surface area (Å²) in [6, 6.07) is 0. The molecule has 0 radical (unpaired) electrons. The quantitative estimate of drug-likeness (QED) is 0.870. The number of rotatable bonds is 4. The molecule has 0 bridgehead atoms. The molecule has 2 heterocycles. The summed E-state index contributed by atoms with van der Waals surface area (Å²) in [5.74, 6) is 0.587. The summed E-state index contributed by atoms with van der Waals surface area (Å²) in [7, 11) is 1.91. The van der Waals surface area contributed by atoms with Gasteiger partial charge in [0.15, 0.2) is 0 Å². The van der Waals surface area contributed by atoms with Crippen molar-refractivity contribution in [2.24, 2.45) is 13.0 Å². The lowest BCUT2D eigenvalue weighted by Crippen LogP contribution is -2.18. The highest BCUT2D eigenvalue weighted by molar-refractivity contribution is 5.19. The van der Waals surface area contributed by atoms with E-state index in [-0.39, 0.29) is 6.10 Å². The second-order valence-corrected chi connectivity index (χ2v) is 4.87. The van der Waals surface area contributed by atoms with Gasteiger partial charge >= 0.3 is 0 Å². The molecule has 4 nitrogen and oxygen atoms in total. The first-order chi connectivity index (χ1) is 8.20. The highest BCUT2D eigenvalue weighted by atomic mass is 16.5. The van der Waals surface area contributed by atoms with E-state index in [1.807, 2.05) is 13.2 Å². The number of aliphatic hydroxyl groups is 1. The van der Waals surface area contributed by atoms with Crippen LogP contribution >= 0.6 is 0 Å². The SMILES string of the molecule is CCc1nn(C)cc1C(O)CC1CCOCC1. The van der Waals surface area contributed by atoms with Crippen molar-refractivity contribution in [2.75, 3.05) is 13.2 Å². The molecule has 0 amide bonds. The zero-order valence-electron chi connectivity index (χ0n) is 10.7. The Labute approximate surface area is 103 Å². The molecule has 1 fully saturated rings. The van der Waals surface area contributed by atoms with Gasteiger partial charge in [-0.15, -0.1) is 0 Å². The second kappa shape index (κ2) is 5.65. The molecule has 4 heteroatoms. The third-order valence-corrected chi connectivity index (χ3v) is 3.53. The molecule has 1 saturated heterocycles. The molecule has 96 valence electrons. The maximum absolute atomic E-state index is 10.3. The summed E-state index contributed by atoms with van der Waals surface area (Å²) in [6.45, 7) is 3.75. The van der Waals surface area contributed by atoms with E-state index in [4.69, 9.17) is 4.74 Å². The minimum atomic E-state index is -0.373. The molecule has 1 N–H and O–H groups in total. The lowest BCUT2D eigenvalue weighted by Gasteiger charge is -2.24. The monoisotopic (exact) mass is 238 g/mol. The molecule has 1 aromatic heterocycles. The molecule has 17 heavy (non-hydrogen) atoms. The Bertz CT molecular complexity index is 356. The number of ether oxygens (including phenoxy) is 1. The molecule has 1 aliphatic heterocycles. The fourth-order valence-corrected chi connectivity index (χ4v) is 2.53. The van der Waals surface area contributed by atoms with E-state index in [0.29, 0.717) is 5.92 Å². The average Bonchev–Trinajstić information content (AvgIpc) is 2.72. The Morgan fingerprint density at radius 2 is 2.24 bits per heavy atom. The summed E-state index contributed by atoms with van der Waals surface area (Å²) in [5.41, 5.74) is 2.02. The Hall–Kier alpha value is -0.870. The number of aliphatic hydroxyl groups excluding tert-OH is 1. The van der Waals surface area contributed by atoms with Gasteiger partial charge in [-0.05, 0) is 31.6 Å². The summed E-state index contributed by atoms with van der Waals surface area (Å²) in [4.78, 5) is 0. The van der Waals surface area contributed by atoms with Crippen LogP contribution in [0.25, 0.3) is 0 Å². The summed E-state index contributed by atoms with van der Waals surface area (Å²) < 4.78 is 7.13. The van der Waals surface area contributed by atoms with Crippen molar-refractivity contribution in [3.8, 4) is 0 Å². The number of aryl methyl sites for hydroxylation is 2. The van der Waals surface area contributed by atoms with E-state index in [1.54, 1.807) is 4.68 Å². The van der Waals surface area contributed by atoms with Gasteiger partial charge in [-0.2, -0.15) is 5.10 Å². The number of hydrogen-bond acceptors (Lipinski definition) is 3. The maximum Gasteiger partial charge on any atom is 0.0826 e. The normalized spacial score (nSPS) is 19.5. The van der Waals surface area contributed by atoms with Gasteiger partial charge in [0.2, 0.25) is 0 Å². The zero-order chi connectivity index (χ0) is 12.3. The third-order valence-electron chi connectivity index (χ3n) is 3.53. The van der Waals surface area contributed by atoms with Crippen LogP contribution in [0.3, 0.4) is 0 Å². The fourth-order valence-electron chi connectivity index (χ4n) is 2.53. The molecule has 0 spiro atoms. The van der Waals surface area contributed by atoms with Crippen LogP contribution in [0.15, 0.2) is 6.20 Å². The lowest BCUT2D eigenvalue weighted by atomic mass is 9.91. The van der Waals surface area contributed by atoms with Crippen LogP contribution in [-0.2, 0) is 18.2 Å². The van der Waals surface area contributed by atoms with Crippen molar-refractivity contribution in [3.63, 3.8) is 0 Å². The van der Waals surface area contributed by atoms with Crippen LogP contribution < -0.4 is 0 Å². The molecule has 1 aliphatic rings. The number of aromatic nitrogens is 2. The van der Waals surface area contributed by atoms with Crippen molar-refractivity contribution < 1.29 is 9.84 Å². The van der Waals surface area contributed by atoms with Crippen molar-refractivity contribution in [1.82, 2.24) is 9.78 Å². The topological polar surface area (TPSA) is 47.3 Å². The highest BCUT2D eigenvalue weighted by Crippen LogP contribution is 2.28. The van der Waals surface area contributed by atoms with E-state index in [9.17, 15) is 5.11 Å². The molecule has 1 unspecified atom stereocenters. The van der Waals surface area contributed by atoms with Crippen LogP contribution in [0.2, 0.25) is 0 Å². The van der Waals surface area contributed by atoms with Gasteiger partial charge in [0.1, 0.15) is 0 Å². The lowest BCUT2D eigenvalue weighted by molar-refractivity contribution is 0.0433. The van der Waals surface area contributed by atoms with Crippen molar-refractivity contribution in [2.45, 2.75) is 38.7 Å². The summed E-state index contributed by atoms with van der Waals surface area (Å²) in [6.07, 6.45) is 5.42. The van der Waals surface area contributed by atoms with E-state index in [0.717, 1.165) is 50.2 Å². The molecular formula is C13H22N2O2. The zero-order valence-corrected chi connectivity index (χ0v) is 10.7. The smallest absolute Gasteiger partial charge is 0.0826 e. The van der Waals surface area contributed by atoms with E-state index >= 15 is 0 Å². The predicted molar refractivity (Wildman–Crippen MR) is 65.7 cm³/mol. The van der Waals surface area contributed by atoms with Gasteiger partial charge in [0.05, 0.1) is 11.8 Å². The minimum Gasteiger partial charge on any atom is -0.388 e. The van der Waals surface area contributed by atoms with Gasteiger partial charge in [0.25, 0.3) is 0 Å². The van der Waals surface area contributed by atoms with Crippen molar-refractivity contribution >= 4 is 0 Å². The summed E-state index contributed by atoms with van der Waals surface area (Å²) >= 11 is 0. The first-order valence-corrected chi connectivity index (χ1v) is 6.49. The minimum absolute atomic E-state index is 0.373. The third kappa shape index (κ3) is 3.07. The summed E-state index contributed by atoms with van der Waals surface area (Å²) in [5, 5.41) is 14.7. The second-order valence-electron chi connectivity index (χ2n) is 4.87. The van der Waals surface area contributed by atoms with Gasteiger partial charge in [-0.1, -0.05) is 6.92 Å².